The zero-order chi connectivity index (χ0) is 36.4. The molecule has 0 spiro atoms. The van der Waals surface area contributed by atoms with E-state index in [1.165, 1.54) is 43.2 Å². The molecule has 0 N–H and O–H groups in total. The first-order chi connectivity index (χ1) is 24.3. The van der Waals surface area contributed by atoms with E-state index >= 15 is 0 Å². The van der Waals surface area contributed by atoms with Gasteiger partial charge in [-0.2, -0.15) is 15.1 Å². The number of fused-ring (bicyclic) bond motifs is 2. The van der Waals surface area contributed by atoms with Gasteiger partial charge >= 0.3 is 12.0 Å². The molecule has 270 valence electrons. The van der Waals surface area contributed by atoms with Crippen molar-refractivity contribution in [3.05, 3.63) is 86.7 Å². The Morgan fingerprint density at radius 3 is 1.86 bits per heavy atom. The maximum Gasteiger partial charge on any atom is 0.321 e. The van der Waals surface area contributed by atoms with E-state index in [2.05, 4.69) is 46.9 Å². The van der Waals surface area contributed by atoms with Crippen LogP contribution in [0.4, 0.5) is 14.6 Å². The summed E-state index contributed by atoms with van der Waals surface area (Å²) in [6.07, 6.45) is 4.89. The van der Waals surface area contributed by atoms with Gasteiger partial charge in [-0.1, -0.05) is 23.2 Å². The predicted octanol–water partition coefficient (Wildman–Crippen LogP) is 9.45. The molecule has 1 saturated heterocycles. The lowest BCUT2D eigenvalue weighted by Gasteiger charge is -2.38. The number of ether oxygens (including phenoxy) is 2. The molecule has 1 saturated carbocycles. The van der Waals surface area contributed by atoms with Crippen molar-refractivity contribution in [1.82, 2.24) is 39.5 Å². The van der Waals surface area contributed by atoms with E-state index in [0.29, 0.717) is 34.2 Å². The van der Waals surface area contributed by atoms with Crippen LogP contribution >= 0.6 is 39.1 Å². The van der Waals surface area contributed by atoms with Crippen LogP contribution in [0.25, 0.3) is 0 Å². The molecule has 2 aliphatic rings. The number of nitrogens with zero attached hydrogens (tertiary/aromatic N) is 9. The summed E-state index contributed by atoms with van der Waals surface area (Å²) in [4.78, 5) is 19.9. The van der Waals surface area contributed by atoms with Crippen molar-refractivity contribution < 1.29 is 18.3 Å². The molecular weight excluding hydrogens is 767 g/mol. The lowest BCUT2D eigenvalue weighted by molar-refractivity contribution is 0.264. The first-order valence-electron chi connectivity index (χ1n) is 16.7. The minimum atomic E-state index is -0.466. The molecule has 5 aromatic rings. The van der Waals surface area contributed by atoms with Crippen LogP contribution in [0.5, 0.6) is 23.5 Å². The monoisotopic (exact) mass is 803 g/mol. The average Bonchev–Trinajstić information content (AvgIpc) is 3.68. The smallest absolute Gasteiger partial charge is 0.321 e. The Morgan fingerprint density at radius 2 is 1.33 bits per heavy atom. The second kappa shape index (κ2) is 15.8. The summed E-state index contributed by atoms with van der Waals surface area (Å²) in [6, 6.07) is 10.9. The maximum atomic E-state index is 13.8. The van der Waals surface area contributed by atoms with Gasteiger partial charge < -0.3 is 14.4 Å². The highest BCUT2D eigenvalue weighted by Gasteiger charge is 2.43. The van der Waals surface area contributed by atoms with Gasteiger partial charge in [-0.15, -0.1) is 5.10 Å². The number of hydrogen-bond acceptors (Lipinski definition) is 9. The third kappa shape index (κ3) is 9.14. The van der Waals surface area contributed by atoms with E-state index in [9.17, 15) is 8.78 Å². The summed E-state index contributed by atoms with van der Waals surface area (Å²) >= 11 is 14.9. The van der Waals surface area contributed by atoms with Gasteiger partial charge in [0.15, 0.2) is 5.82 Å². The minimum absolute atomic E-state index is 0.0601. The summed E-state index contributed by atoms with van der Waals surface area (Å²) in [5.41, 5.74) is 0.991. The molecule has 51 heavy (non-hydrogen) atoms. The third-order valence-corrected chi connectivity index (χ3v) is 9.62. The van der Waals surface area contributed by atoms with Crippen LogP contribution in [0, 0.1) is 36.3 Å². The van der Waals surface area contributed by atoms with Gasteiger partial charge in [0.2, 0.25) is 4.73 Å². The zero-order valence-electron chi connectivity index (χ0n) is 28.8. The van der Waals surface area contributed by atoms with Gasteiger partial charge in [0.1, 0.15) is 35.3 Å². The van der Waals surface area contributed by atoms with E-state index in [0.717, 1.165) is 36.8 Å². The summed E-state index contributed by atoms with van der Waals surface area (Å²) in [7, 11) is 0. The highest BCUT2D eigenvalue weighted by molar-refractivity contribution is 9.10. The van der Waals surface area contributed by atoms with Crippen LogP contribution in [0.1, 0.15) is 64.1 Å². The molecule has 16 heteroatoms. The minimum Gasteiger partial charge on any atom is -0.424 e. The number of piperidine rings is 1. The van der Waals surface area contributed by atoms with Gasteiger partial charge in [-0.3, -0.25) is 0 Å². The number of rotatable bonds is 9. The normalized spacial score (nSPS) is 18.3. The SMILES string of the molecule is CC(C)n1nc(Br)nc1Oc1cc(F)cc(Cl)c1.Cc1cc(N2C[C@H]3CC[C@@H](C2)C3Cc2nc(Oc3cc(F)cc(Cl)c3)n(C(C)C)n2)ncn1. The highest BCUT2D eigenvalue weighted by Crippen LogP contribution is 2.44. The lowest BCUT2D eigenvalue weighted by Crippen LogP contribution is -2.43. The molecule has 2 bridgehead atoms. The fourth-order valence-electron chi connectivity index (χ4n) is 6.60. The molecule has 1 unspecified atom stereocenters. The fraction of sp³-hybridized carbons (Fsp3) is 0.429. The van der Waals surface area contributed by atoms with E-state index in [1.54, 1.807) is 21.8 Å². The van der Waals surface area contributed by atoms with Crippen molar-refractivity contribution in [3.63, 3.8) is 0 Å². The highest BCUT2D eigenvalue weighted by atomic mass is 79.9. The van der Waals surface area contributed by atoms with Crippen LogP contribution in [0.3, 0.4) is 0 Å². The summed E-state index contributed by atoms with van der Waals surface area (Å²) in [5, 5.41) is 9.42. The first-order valence-corrected chi connectivity index (χ1v) is 18.2. The van der Waals surface area contributed by atoms with Crippen LogP contribution in [-0.4, -0.2) is 52.6 Å². The number of anilines is 1. The number of hydrogen-bond donors (Lipinski definition) is 0. The lowest BCUT2D eigenvalue weighted by atomic mass is 9.82. The van der Waals surface area contributed by atoms with Crippen LogP contribution in [0.2, 0.25) is 10.0 Å². The Hall–Kier alpha value is -3.88. The molecule has 4 heterocycles. The molecule has 0 radical (unpaired) electrons. The Kier molecular flexibility index (Phi) is 11.4. The van der Waals surface area contributed by atoms with E-state index in [1.807, 2.05) is 34.6 Å². The van der Waals surface area contributed by atoms with Gasteiger partial charge in [0, 0.05) is 53.4 Å². The van der Waals surface area contributed by atoms with Crippen LogP contribution in [-0.2, 0) is 6.42 Å². The molecule has 0 amide bonds. The quantitative estimate of drug-likeness (QED) is 0.144. The third-order valence-electron chi connectivity index (χ3n) is 8.85. The largest absolute Gasteiger partial charge is 0.424 e. The number of aryl methyl sites for hydroxylation is 1. The van der Waals surface area contributed by atoms with Gasteiger partial charge in [0.05, 0.1) is 12.1 Å². The molecule has 1 aliphatic carbocycles. The second-order valence-corrected chi connectivity index (χ2v) is 14.9. The van der Waals surface area contributed by atoms with Gasteiger partial charge in [-0.25, -0.2) is 28.1 Å². The van der Waals surface area contributed by atoms with Crippen molar-refractivity contribution >= 4 is 44.9 Å². The van der Waals surface area contributed by atoms with Crippen LogP contribution in [0.15, 0.2) is 53.5 Å². The molecular formula is C35H38BrCl2F2N9O2. The van der Waals surface area contributed by atoms with Gasteiger partial charge in [0.25, 0.3) is 0 Å². The molecule has 3 aromatic heterocycles. The molecule has 1 aliphatic heterocycles. The summed E-state index contributed by atoms with van der Waals surface area (Å²) < 4.78 is 42.1. The van der Waals surface area contributed by atoms with Gasteiger partial charge in [-0.05, 0) is 105 Å². The predicted molar refractivity (Wildman–Crippen MR) is 194 cm³/mol. The van der Waals surface area contributed by atoms with Crippen molar-refractivity contribution in [3.8, 4) is 23.5 Å². The number of halogens is 5. The molecule has 2 aromatic carbocycles. The first kappa shape index (κ1) is 36.9. The Bertz CT molecular complexity index is 1940. The standard InChI is InChI=1S/C24H28ClFN6O.C11H10BrClFN3O/c1-14(2)32-24(33-20-8-18(25)7-19(26)9-20)29-22(30-32)10-21-16-4-5-17(21)12-31(11-16)23-6-15(3)27-13-28-23;1-6(2)17-11(15-10(12)16-17)18-9-4-7(13)3-8(14)5-9/h6-9,13-14,16-17,21H,4-5,10-12H2,1-3H3;3-6H,1-2H3/t16-,17+,21?;. The number of benzene rings is 2. The van der Waals surface area contributed by atoms with Crippen molar-refractivity contribution in [2.45, 2.75) is 66.0 Å². The Labute approximate surface area is 313 Å². The van der Waals surface area contributed by atoms with Crippen LogP contribution < -0.4 is 14.4 Å². The molecule has 2 fully saturated rings. The molecule has 11 nitrogen and oxygen atoms in total. The fourth-order valence-corrected chi connectivity index (χ4v) is 7.35. The zero-order valence-corrected chi connectivity index (χ0v) is 31.9. The maximum absolute atomic E-state index is 13.8. The van der Waals surface area contributed by atoms with E-state index in [-0.39, 0.29) is 33.9 Å². The van der Waals surface area contributed by atoms with E-state index in [4.69, 9.17) is 42.8 Å². The van der Waals surface area contributed by atoms with E-state index < -0.39 is 11.6 Å². The topological polar surface area (TPSA) is 109 Å². The van der Waals surface area contributed by atoms with Crippen molar-refractivity contribution in [2.24, 2.45) is 17.8 Å². The average molecular weight is 806 g/mol. The van der Waals surface area contributed by atoms with Crippen molar-refractivity contribution in [2.75, 3.05) is 18.0 Å². The summed E-state index contributed by atoms with van der Waals surface area (Å²) in [5.74, 6) is 3.16. The molecule has 7 rings (SSSR count). The second-order valence-electron chi connectivity index (χ2n) is 13.4. The summed E-state index contributed by atoms with van der Waals surface area (Å²) in [6.45, 7) is 11.9. The molecule has 3 atom stereocenters. The Morgan fingerprint density at radius 1 is 0.784 bits per heavy atom. The number of aromatic nitrogens is 8. The van der Waals surface area contributed by atoms with Crippen molar-refractivity contribution in [1.29, 1.82) is 0 Å². The Balaban J connectivity index is 0.000000211.